The van der Waals surface area contributed by atoms with E-state index >= 15 is 0 Å². The first kappa shape index (κ1) is 10.9. The third-order valence-corrected chi connectivity index (χ3v) is 1.47. The van der Waals surface area contributed by atoms with Crippen LogP contribution in [-0.2, 0) is 9.47 Å². The minimum Gasteiger partial charge on any atom is -0.378 e. The van der Waals surface area contributed by atoms with E-state index < -0.39 is 0 Å². The van der Waals surface area contributed by atoms with Gasteiger partial charge in [0.15, 0.2) is 0 Å². The zero-order valence-electron chi connectivity index (χ0n) is 7.51. The lowest BCUT2D eigenvalue weighted by Gasteiger charge is -2.09. The fourth-order valence-electron chi connectivity index (χ4n) is 0.611. The smallest absolute Gasteiger partial charge is 0.0704 e. The molecule has 68 valence electrons. The number of nitrogens with two attached hydrogens (primary N) is 1. The van der Waals surface area contributed by atoms with Crippen LogP contribution >= 0.6 is 0 Å². The highest BCUT2D eigenvalue weighted by molar-refractivity contribution is 4.43. The second-order valence-corrected chi connectivity index (χ2v) is 2.49. The van der Waals surface area contributed by atoms with Crippen LogP contribution in [0.3, 0.4) is 0 Å². The molecule has 0 spiro atoms. The molecule has 2 N–H and O–H groups in total. The van der Waals surface area contributed by atoms with Crippen LogP contribution in [0.2, 0.25) is 0 Å². The standard InChI is InChI=1S/C8H19NO2/c1-3-8(2)11-7-6-10-5-4-9/h8H,3-7,9H2,1-2H3. The molecule has 0 bridgehead atoms. The summed E-state index contributed by atoms with van der Waals surface area (Å²) in [5.74, 6) is 0. The molecule has 11 heavy (non-hydrogen) atoms. The predicted molar refractivity (Wildman–Crippen MR) is 45.6 cm³/mol. The van der Waals surface area contributed by atoms with Gasteiger partial charge in [-0.3, -0.25) is 0 Å². The maximum atomic E-state index is 5.37. The van der Waals surface area contributed by atoms with E-state index in [4.69, 9.17) is 15.2 Å². The highest BCUT2D eigenvalue weighted by atomic mass is 16.5. The summed E-state index contributed by atoms with van der Waals surface area (Å²) in [4.78, 5) is 0. The molecule has 0 rings (SSSR count). The van der Waals surface area contributed by atoms with Gasteiger partial charge < -0.3 is 15.2 Å². The first-order valence-electron chi connectivity index (χ1n) is 4.20. The maximum absolute atomic E-state index is 5.37. The average molecular weight is 161 g/mol. The van der Waals surface area contributed by atoms with Gasteiger partial charge >= 0.3 is 0 Å². The van der Waals surface area contributed by atoms with E-state index in [1.54, 1.807) is 0 Å². The lowest BCUT2D eigenvalue weighted by molar-refractivity contribution is 0.0129. The third-order valence-electron chi connectivity index (χ3n) is 1.47. The molecule has 0 aromatic rings. The van der Waals surface area contributed by atoms with Crippen LogP contribution < -0.4 is 5.73 Å². The van der Waals surface area contributed by atoms with Gasteiger partial charge in [0.05, 0.1) is 25.9 Å². The highest BCUT2D eigenvalue weighted by Gasteiger charge is 1.96. The summed E-state index contributed by atoms with van der Waals surface area (Å²) in [6, 6.07) is 0. The SMILES string of the molecule is CCC(C)OCCOCCN. The molecule has 0 aliphatic carbocycles. The molecule has 0 saturated carbocycles. The zero-order valence-corrected chi connectivity index (χ0v) is 7.51. The van der Waals surface area contributed by atoms with Crippen molar-refractivity contribution in [1.29, 1.82) is 0 Å². The van der Waals surface area contributed by atoms with Gasteiger partial charge in [-0.15, -0.1) is 0 Å². The second kappa shape index (κ2) is 7.98. The van der Waals surface area contributed by atoms with Gasteiger partial charge in [-0.25, -0.2) is 0 Å². The fraction of sp³-hybridized carbons (Fsp3) is 1.00. The first-order chi connectivity index (χ1) is 5.31. The summed E-state index contributed by atoms with van der Waals surface area (Å²) in [6.45, 7) is 6.71. The normalized spacial score (nSPS) is 13.4. The Balaban J connectivity index is 2.89. The van der Waals surface area contributed by atoms with Gasteiger partial charge in [0, 0.05) is 6.54 Å². The molecule has 0 heterocycles. The van der Waals surface area contributed by atoms with E-state index in [-0.39, 0.29) is 0 Å². The van der Waals surface area contributed by atoms with E-state index in [0.29, 0.717) is 32.5 Å². The van der Waals surface area contributed by atoms with Crippen LogP contribution in [0, 0.1) is 0 Å². The van der Waals surface area contributed by atoms with E-state index in [9.17, 15) is 0 Å². The largest absolute Gasteiger partial charge is 0.378 e. The van der Waals surface area contributed by atoms with Crippen LogP contribution in [0.1, 0.15) is 20.3 Å². The summed E-state index contributed by atoms with van der Waals surface area (Å²) >= 11 is 0. The number of ether oxygens (including phenoxy) is 2. The molecule has 1 unspecified atom stereocenters. The van der Waals surface area contributed by atoms with E-state index in [0.717, 1.165) is 6.42 Å². The van der Waals surface area contributed by atoms with Crippen molar-refractivity contribution in [1.82, 2.24) is 0 Å². The molecule has 0 saturated heterocycles. The molecule has 0 aromatic carbocycles. The lowest BCUT2D eigenvalue weighted by atomic mass is 10.3. The average Bonchev–Trinajstić information content (AvgIpc) is 2.04. The molecule has 3 nitrogen and oxygen atoms in total. The number of hydrogen-bond donors (Lipinski definition) is 1. The molecule has 0 aliphatic heterocycles. The van der Waals surface area contributed by atoms with Crippen molar-refractivity contribution in [2.24, 2.45) is 5.73 Å². The Kier molecular flexibility index (Phi) is 7.89. The van der Waals surface area contributed by atoms with E-state index in [1.807, 2.05) is 0 Å². The van der Waals surface area contributed by atoms with E-state index in [1.165, 1.54) is 0 Å². The van der Waals surface area contributed by atoms with Crippen LogP contribution in [0.4, 0.5) is 0 Å². The molecule has 0 fully saturated rings. The van der Waals surface area contributed by atoms with Gasteiger partial charge in [-0.2, -0.15) is 0 Å². The Bertz CT molecular complexity index is 78.5. The fourth-order valence-corrected chi connectivity index (χ4v) is 0.611. The molecular weight excluding hydrogens is 142 g/mol. The summed E-state index contributed by atoms with van der Waals surface area (Å²) in [7, 11) is 0. The minimum absolute atomic E-state index is 0.344. The Morgan fingerprint density at radius 1 is 1.27 bits per heavy atom. The van der Waals surface area contributed by atoms with Crippen molar-refractivity contribution in [3.63, 3.8) is 0 Å². The Labute approximate surface area is 68.9 Å². The van der Waals surface area contributed by atoms with Crippen molar-refractivity contribution >= 4 is 0 Å². The van der Waals surface area contributed by atoms with Crippen LogP contribution in [0.15, 0.2) is 0 Å². The van der Waals surface area contributed by atoms with Gasteiger partial charge in [0.25, 0.3) is 0 Å². The van der Waals surface area contributed by atoms with Gasteiger partial charge in [-0.05, 0) is 13.3 Å². The summed E-state index contributed by atoms with van der Waals surface area (Å²) < 4.78 is 10.5. The first-order valence-corrected chi connectivity index (χ1v) is 4.20. The van der Waals surface area contributed by atoms with Crippen LogP contribution in [0.5, 0.6) is 0 Å². The Hall–Kier alpha value is -0.120. The summed E-state index contributed by atoms with van der Waals surface area (Å²) in [5, 5.41) is 0. The summed E-state index contributed by atoms with van der Waals surface area (Å²) in [6.07, 6.45) is 1.40. The van der Waals surface area contributed by atoms with Gasteiger partial charge in [-0.1, -0.05) is 6.92 Å². The van der Waals surface area contributed by atoms with Crippen LogP contribution in [-0.4, -0.2) is 32.5 Å². The minimum atomic E-state index is 0.344. The van der Waals surface area contributed by atoms with Crippen molar-refractivity contribution < 1.29 is 9.47 Å². The van der Waals surface area contributed by atoms with E-state index in [2.05, 4.69) is 13.8 Å². The highest BCUT2D eigenvalue weighted by Crippen LogP contribution is 1.94. The second-order valence-electron chi connectivity index (χ2n) is 2.49. The lowest BCUT2D eigenvalue weighted by Crippen LogP contribution is -2.15. The molecule has 0 aromatic heterocycles. The van der Waals surface area contributed by atoms with Gasteiger partial charge in [0.2, 0.25) is 0 Å². The summed E-state index contributed by atoms with van der Waals surface area (Å²) in [5.41, 5.74) is 5.23. The maximum Gasteiger partial charge on any atom is 0.0704 e. The van der Waals surface area contributed by atoms with Crippen LogP contribution in [0.25, 0.3) is 0 Å². The zero-order chi connectivity index (χ0) is 8.53. The number of rotatable bonds is 7. The molecule has 3 heteroatoms. The number of hydrogen-bond acceptors (Lipinski definition) is 3. The molecule has 0 aliphatic rings. The van der Waals surface area contributed by atoms with Crippen molar-refractivity contribution in [3.05, 3.63) is 0 Å². The quantitative estimate of drug-likeness (QED) is 0.561. The van der Waals surface area contributed by atoms with Crippen molar-refractivity contribution in [2.75, 3.05) is 26.4 Å². The predicted octanol–water partition coefficient (Wildman–Crippen LogP) is 0.777. The molecule has 0 radical (unpaired) electrons. The Morgan fingerprint density at radius 2 is 2.00 bits per heavy atom. The van der Waals surface area contributed by atoms with Crippen molar-refractivity contribution in [3.8, 4) is 0 Å². The monoisotopic (exact) mass is 161 g/mol. The van der Waals surface area contributed by atoms with Gasteiger partial charge in [0.1, 0.15) is 0 Å². The molecular formula is C8H19NO2. The molecule has 0 amide bonds. The van der Waals surface area contributed by atoms with Crippen molar-refractivity contribution in [2.45, 2.75) is 26.4 Å². The topological polar surface area (TPSA) is 44.5 Å². The Morgan fingerprint density at radius 3 is 2.55 bits per heavy atom. The third kappa shape index (κ3) is 7.78. The molecule has 1 atom stereocenters.